The highest BCUT2D eigenvalue weighted by molar-refractivity contribution is 7.17. The molecule has 3 N–H and O–H groups in total. The first-order chi connectivity index (χ1) is 6.95. The SMILES string of the molecule is CC(C)(C)C(=O)c1cnc(NCCN)s1. The quantitative estimate of drug-likeness (QED) is 0.769. The Labute approximate surface area is 93.9 Å². The van der Waals surface area contributed by atoms with Gasteiger partial charge in [0.2, 0.25) is 0 Å². The number of nitrogens with one attached hydrogen (secondary N) is 1. The van der Waals surface area contributed by atoms with Crippen molar-refractivity contribution in [1.29, 1.82) is 0 Å². The fraction of sp³-hybridized carbons (Fsp3) is 0.600. The fourth-order valence-corrected chi connectivity index (χ4v) is 2.00. The monoisotopic (exact) mass is 227 g/mol. The molecule has 0 atom stereocenters. The normalized spacial score (nSPS) is 11.5. The molecule has 0 fully saturated rings. The predicted octanol–water partition coefficient (Wildman–Crippen LogP) is 1.74. The van der Waals surface area contributed by atoms with Crippen LogP contribution >= 0.6 is 11.3 Å². The predicted molar refractivity (Wildman–Crippen MR) is 63.4 cm³/mol. The average Bonchev–Trinajstić information content (AvgIpc) is 2.60. The third-order valence-electron chi connectivity index (χ3n) is 1.83. The van der Waals surface area contributed by atoms with Crippen molar-refractivity contribution in [3.8, 4) is 0 Å². The Balaban J connectivity index is 2.72. The first-order valence-corrected chi connectivity index (χ1v) is 5.71. The molecule has 15 heavy (non-hydrogen) atoms. The zero-order chi connectivity index (χ0) is 11.5. The smallest absolute Gasteiger partial charge is 0.183 e. The highest BCUT2D eigenvalue weighted by Crippen LogP contribution is 2.26. The lowest BCUT2D eigenvalue weighted by molar-refractivity contribution is 0.0862. The highest BCUT2D eigenvalue weighted by atomic mass is 32.1. The van der Waals surface area contributed by atoms with Crippen molar-refractivity contribution in [3.05, 3.63) is 11.1 Å². The van der Waals surface area contributed by atoms with Gasteiger partial charge in [0.1, 0.15) is 0 Å². The molecule has 5 heteroatoms. The van der Waals surface area contributed by atoms with Crippen molar-refractivity contribution in [3.63, 3.8) is 0 Å². The fourth-order valence-electron chi connectivity index (χ4n) is 1.01. The van der Waals surface area contributed by atoms with Gasteiger partial charge in [0.05, 0.1) is 11.1 Å². The van der Waals surface area contributed by atoms with Gasteiger partial charge in [-0.25, -0.2) is 4.98 Å². The zero-order valence-corrected chi connectivity index (χ0v) is 10.1. The summed E-state index contributed by atoms with van der Waals surface area (Å²) in [4.78, 5) is 16.7. The molecule has 84 valence electrons. The van der Waals surface area contributed by atoms with Crippen molar-refractivity contribution in [2.45, 2.75) is 20.8 Å². The molecule has 0 saturated carbocycles. The first kappa shape index (κ1) is 12.1. The standard InChI is InChI=1S/C10H17N3OS/c1-10(2,3)8(14)7-6-13-9(15-7)12-5-4-11/h6H,4-5,11H2,1-3H3,(H,12,13). The van der Waals surface area contributed by atoms with Gasteiger partial charge in [0, 0.05) is 18.5 Å². The Kier molecular flexibility index (Phi) is 3.82. The molecule has 0 bridgehead atoms. The molecular formula is C10H17N3OS. The molecule has 1 rings (SSSR count). The number of hydrogen-bond acceptors (Lipinski definition) is 5. The molecule has 0 spiro atoms. The third kappa shape index (κ3) is 3.28. The van der Waals surface area contributed by atoms with Crippen LogP contribution in [0.3, 0.4) is 0 Å². The maximum Gasteiger partial charge on any atom is 0.183 e. The summed E-state index contributed by atoms with van der Waals surface area (Å²) in [5.74, 6) is 0.126. The Bertz CT molecular complexity index is 341. The molecule has 1 heterocycles. The molecule has 0 aliphatic carbocycles. The van der Waals surface area contributed by atoms with Crippen LogP contribution in [-0.2, 0) is 0 Å². The Morgan fingerprint density at radius 1 is 1.60 bits per heavy atom. The topological polar surface area (TPSA) is 68.0 Å². The van der Waals surface area contributed by atoms with E-state index in [2.05, 4.69) is 10.3 Å². The second kappa shape index (κ2) is 4.72. The summed E-state index contributed by atoms with van der Waals surface area (Å²) < 4.78 is 0. The minimum atomic E-state index is -0.350. The van der Waals surface area contributed by atoms with E-state index < -0.39 is 0 Å². The number of carbonyl (C=O) groups excluding carboxylic acids is 1. The van der Waals surface area contributed by atoms with E-state index in [9.17, 15) is 4.79 Å². The first-order valence-electron chi connectivity index (χ1n) is 4.89. The van der Waals surface area contributed by atoms with Crippen molar-refractivity contribution in [2.24, 2.45) is 11.1 Å². The number of carbonyl (C=O) groups is 1. The van der Waals surface area contributed by atoms with E-state index in [4.69, 9.17) is 5.73 Å². The van der Waals surface area contributed by atoms with Crippen LogP contribution < -0.4 is 11.1 Å². The summed E-state index contributed by atoms with van der Waals surface area (Å²) in [6.07, 6.45) is 1.62. The van der Waals surface area contributed by atoms with Gasteiger partial charge in [-0.3, -0.25) is 4.79 Å². The zero-order valence-electron chi connectivity index (χ0n) is 9.33. The number of thiazole rings is 1. The number of hydrogen-bond donors (Lipinski definition) is 2. The molecule has 0 amide bonds. The molecule has 0 aromatic carbocycles. The van der Waals surface area contributed by atoms with Crippen LogP contribution in [0.5, 0.6) is 0 Å². The molecule has 1 aromatic rings. The second-order valence-corrected chi connectivity index (χ2v) is 5.35. The Morgan fingerprint density at radius 2 is 2.27 bits per heavy atom. The van der Waals surface area contributed by atoms with Crippen molar-refractivity contribution < 1.29 is 4.79 Å². The number of anilines is 1. The van der Waals surface area contributed by atoms with E-state index in [-0.39, 0.29) is 11.2 Å². The molecule has 0 aliphatic heterocycles. The summed E-state index contributed by atoms with van der Waals surface area (Å²) in [6.45, 7) is 6.95. The molecule has 0 unspecified atom stereocenters. The van der Waals surface area contributed by atoms with E-state index in [1.807, 2.05) is 20.8 Å². The maximum atomic E-state index is 11.9. The average molecular weight is 227 g/mol. The largest absolute Gasteiger partial charge is 0.360 e. The minimum absolute atomic E-state index is 0.126. The number of aromatic nitrogens is 1. The van der Waals surface area contributed by atoms with Gasteiger partial charge in [-0.2, -0.15) is 0 Å². The maximum absolute atomic E-state index is 11.9. The van der Waals surface area contributed by atoms with Crippen LogP contribution in [0.2, 0.25) is 0 Å². The molecule has 1 aromatic heterocycles. The summed E-state index contributed by atoms with van der Waals surface area (Å²) in [5.41, 5.74) is 5.01. The number of nitrogens with zero attached hydrogens (tertiary/aromatic N) is 1. The van der Waals surface area contributed by atoms with Gasteiger partial charge in [-0.1, -0.05) is 32.1 Å². The molecule has 0 saturated heterocycles. The van der Waals surface area contributed by atoms with Gasteiger partial charge in [0.25, 0.3) is 0 Å². The number of rotatable bonds is 4. The van der Waals surface area contributed by atoms with Gasteiger partial charge in [-0.15, -0.1) is 0 Å². The van der Waals surface area contributed by atoms with E-state index in [1.165, 1.54) is 11.3 Å². The summed E-state index contributed by atoms with van der Waals surface area (Å²) in [5, 5.41) is 3.81. The summed E-state index contributed by atoms with van der Waals surface area (Å²) in [6, 6.07) is 0. The molecule has 0 aliphatic rings. The highest BCUT2D eigenvalue weighted by Gasteiger charge is 2.24. The van der Waals surface area contributed by atoms with E-state index in [0.29, 0.717) is 18.0 Å². The van der Waals surface area contributed by atoms with Gasteiger partial charge in [0.15, 0.2) is 10.9 Å². The van der Waals surface area contributed by atoms with Gasteiger partial charge in [-0.05, 0) is 0 Å². The lowest BCUT2D eigenvalue weighted by Gasteiger charge is -2.14. The summed E-state index contributed by atoms with van der Waals surface area (Å²) >= 11 is 1.38. The number of nitrogens with two attached hydrogens (primary N) is 1. The Hall–Kier alpha value is -0.940. The van der Waals surface area contributed by atoms with Gasteiger partial charge < -0.3 is 11.1 Å². The third-order valence-corrected chi connectivity index (χ3v) is 2.79. The minimum Gasteiger partial charge on any atom is -0.360 e. The number of Topliss-reactive ketones (excluding diaryl/α,β-unsaturated/α-hetero) is 1. The van der Waals surface area contributed by atoms with E-state index in [0.717, 1.165) is 5.13 Å². The molecule has 4 nitrogen and oxygen atoms in total. The lowest BCUT2D eigenvalue weighted by Crippen LogP contribution is -2.18. The van der Waals surface area contributed by atoms with E-state index in [1.54, 1.807) is 6.20 Å². The van der Waals surface area contributed by atoms with Crippen LogP contribution in [-0.4, -0.2) is 23.9 Å². The number of ketones is 1. The van der Waals surface area contributed by atoms with Crippen LogP contribution in [0, 0.1) is 5.41 Å². The van der Waals surface area contributed by atoms with Crippen LogP contribution in [0.1, 0.15) is 30.4 Å². The molecule has 0 radical (unpaired) electrons. The van der Waals surface area contributed by atoms with Crippen LogP contribution in [0.25, 0.3) is 0 Å². The van der Waals surface area contributed by atoms with Crippen molar-refractivity contribution in [1.82, 2.24) is 4.98 Å². The van der Waals surface area contributed by atoms with Crippen LogP contribution in [0.15, 0.2) is 6.20 Å². The second-order valence-electron chi connectivity index (χ2n) is 4.32. The molecular weight excluding hydrogens is 210 g/mol. The van der Waals surface area contributed by atoms with Crippen LogP contribution in [0.4, 0.5) is 5.13 Å². The van der Waals surface area contributed by atoms with E-state index >= 15 is 0 Å². The van der Waals surface area contributed by atoms with Crippen molar-refractivity contribution >= 4 is 22.3 Å². The lowest BCUT2D eigenvalue weighted by atomic mass is 9.90. The van der Waals surface area contributed by atoms with Gasteiger partial charge >= 0.3 is 0 Å². The summed E-state index contributed by atoms with van der Waals surface area (Å²) in [7, 11) is 0. The van der Waals surface area contributed by atoms with Crippen molar-refractivity contribution in [2.75, 3.05) is 18.4 Å². The Morgan fingerprint density at radius 3 is 2.80 bits per heavy atom.